The fourth-order valence-corrected chi connectivity index (χ4v) is 3.40. The Balaban J connectivity index is 2.29. The number of rotatable bonds is 3. The number of halogens is 5. The van der Waals surface area contributed by atoms with E-state index in [1.807, 2.05) is 0 Å². The largest absolute Gasteiger partial charge is 0.440 e. The molecule has 0 aliphatic rings. The van der Waals surface area contributed by atoms with Crippen molar-refractivity contribution in [1.29, 1.82) is 0 Å². The Hall–Kier alpha value is -1.38. The Bertz CT molecular complexity index is 911. The highest BCUT2D eigenvalue weighted by Gasteiger charge is 2.25. The van der Waals surface area contributed by atoms with E-state index in [-0.39, 0.29) is 21.1 Å². The molecule has 0 spiro atoms. The summed E-state index contributed by atoms with van der Waals surface area (Å²) in [6.07, 6.45) is 0. The molecule has 0 saturated carbocycles. The lowest BCUT2D eigenvalue weighted by molar-refractivity contribution is -0.0558. The monoisotopic (exact) mass is 425 g/mol. The third kappa shape index (κ3) is 2.79. The summed E-state index contributed by atoms with van der Waals surface area (Å²) >= 11 is 15.6. The maximum atomic E-state index is 12.5. The standard InChI is InChI=1S/C13H8BrCl2F2N3O2/c1-4-19-9-6(16)3-5(15)7(11(9)22-4)10-8(14)12(21(2)20-10)23-13(17)18/h3,13H,1-2H3. The lowest BCUT2D eigenvalue weighted by Gasteiger charge is -2.05. The van der Waals surface area contributed by atoms with Crippen molar-refractivity contribution in [2.24, 2.45) is 7.05 Å². The van der Waals surface area contributed by atoms with Crippen LogP contribution in [-0.2, 0) is 7.05 Å². The first kappa shape index (κ1) is 16.5. The maximum Gasteiger partial charge on any atom is 0.388 e. The van der Waals surface area contributed by atoms with Gasteiger partial charge < -0.3 is 9.15 Å². The predicted molar refractivity (Wildman–Crippen MR) is 85.3 cm³/mol. The minimum atomic E-state index is -2.98. The number of ether oxygens (including phenoxy) is 1. The van der Waals surface area contributed by atoms with E-state index in [2.05, 4.69) is 30.7 Å². The van der Waals surface area contributed by atoms with Crippen molar-refractivity contribution >= 4 is 50.2 Å². The Morgan fingerprint density at radius 3 is 2.70 bits per heavy atom. The molecule has 0 aliphatic carbocycles. The van der Waals surface area contributed by atoms with Crippen LogP contribution >= 0.6 is 39.1 Å². The summed E-state index contributed by atoms with van der Waals surface area (Å²) < 4.78 is 36.5. The second-order valence-electron chi connectivity index (χ2n) is 4.60. The molecular weight excluding hydrogens is 419 g/mol. The molecule has 0 N–H and O–H groups in total. The Kier molecular flexibility index (Phi) is 4.24. The molecule has 5 nitrogen and oxygen atoms in total. The summed E-state index contributed by atoms with van der Waals surface area (Å²) in [7, 11) is 1.47. The number of alkyl halides is 2. The van der Waals surface area contributed by atoms with Gasteiger partial charge >= 0.3 is 6.61 Å². The van der Waals surface area contributed by atoms with Crippen molar-refractivity contribution < 1.29 is 17.9 Å². The van der Waals surface area contributed by atoms with Gasteiger partial charge in [0.05, 0.1) is 15.6 Å². The van der Waals surface area contributed by atoms with Crippen molar-refractivity contribution in [3.8, 4) is 17.1 Å². The number of aromatic nitrogens is 3. The van der Waals surface area contributed by atoms with Crippen LogP contribution in [0.4, 0.5) is 8.78 Å². The molecule has 0 amide bonds. The van der Waals surface area contributed by atoms with Gasteiger partial charge in [-0.3, -0.25) is 0 Å². The van der Waals surface area contributed by atoms with Crippen LogP contribution < -0.4 is 4.74 Å². The SMILES string of the molecule is Cc1nc2c(Cl)cc(Cl)c(-c3nn(C)c(OC(F)F)c3Br)c2o1. The molecule has 10 heteroatoms. The van der Waals surface area contributed by atoms with Crippen molar-refractivity contribution in [1.82, 2.24) is 14.8 Å². The molecular formula is C13H8BrCl2F2N3O2. The second kappa shape index (κ2) is 5.92. The molecule has 0 fully saturated rings. The maximum absolute atomic E-state index is 12.5. The zero-order chi connectivity index (χ0) is 16.9. The molecule has 122 valence electrons. The highest BCUT2D eigenvalue weighted by molar-refractivity contribution is 9.10. The van der Waals surface area contributed by atoms with Gasteiger partial charge in [0, 0.05) is 14.0 Å². The third-order valence-corrected chi connectivity index (χ3v) is 4.36. The molecule has 2 aromatic heterocycles. The van der Waals surface area contributed by atoms with E-state index < -0.39 is 6.61 Å². The number of aryl methyl sites for hydroxylation is 2. The molecule has 0 saturated heterocycles. The van der Waals surface area contributed by atoms with Crippen LogP contribution in [0.25, 0.3) is 22.4 Å². The van der Waals surface area contributed by atoms with Crippen molar-refractivity contribution in [2.45, 2.75) is 13.5 Å². The summed E-state index contributed by atoms with van der Waals surface area (Å²) in [6, 6.07) is 1.50. The number of fused-ring (bicyclic) bond motifs is 1. The van der Waals surface area contributed by atoms with Gasteiger partial charge in [-0.2, -0.15) is 13.9 Å². The van der Waals surface area contributed by atoms with Gasteiger partial charge in [0.1, 0.15) is 15.7 Å². The summed E-state index contributed by atoms with van der Waals surface area (Å²) in [6.45, 7) is -1.32. The second-order valence-corrected chi connectivity index (χ2v) is 6.20. The first-order valence-corrected chi connectivity index (χ1v) is 7.77. The smallest absolute Gasteiger partial charge is 0.388 e. The van der Waals surface area contributed by atoms with Crippen LogP contribution in [0.15, 0.2) is 15.0 Å². The van der Waals surface area contributed by atoms with E-state index in [1.165, 1.54) is 17.8 Å². The van der Waals surface area contributed by atoms with Crippen LogP contribution in [-0.4, -0.2) is 21.4 Å². The highest BCUT2D eigenvalue weighted by Crippen LogP contribution is 2.44. The lowest BCUT2D eigenvalue weighted by Crippen LogP contribution is -2.06. The van der Waals surface area contributed by atoms with Gasteiger partial charge in [0.15, 0.2) is 11.5 Å². The molecule has 1 aromatic carbocycles. The molecule has 0 aliphatic heterocycles. The predicted octanol–water partition coefficient (Wildman–Crippen LogP) is 5.21. The molecule has 3 rings (SSSR count). The van der Waals surface area contributed by atoms with Gasteiger partial charge in [-0.1, -0.05) is 23.2 Å². The minimum Gasteiger partial charge on any atom is -0.440 e. The lowest BCUT2D eigenvalue weighted by atomic mass is 10.1. The zero-order valence-corrected chi connectivity index (χ0v) is 14.8. The summed E-state index contributed by atoms with van der Waals surface area (Å²) in [5.74, 6) is 0.256. The molecule has 0 bridgehead atoms. The van der Waals surface area contributed by atoms with E-state index >= 15 is 0 Å². The number of nitrogens with zero attached hydrogens (tertiary/aromatic N) is 3. The number of oxazole rings is 1. The molecule has 3 aromatic rings. The molecule has 0 radical (unpaired) electrons. The summed E-state index contributed by atoms with van der Waals surface area (Å²) in [5.41, 5.74) is 1.41. The van der Waals surface area contributed by atoms with Crippen molar-refractivity contribution in [3.05, 3.63) is 26.5 Å². The van der Waals surface area contributed by atoms with E-state index in [4.69, 9.17) is 27.6 Å². The Morgan fingerprint density at radius 1 is 1.35 bits per heavy atom. The van der Waals surface area contributed by atoms with Crippen LogP contribution in [0.2, 0.25) is 10.0 Å². The fourth-order valence-electron chi connectivity index (χ4n) is 2.19. The van der Waals surface area contributed by atoms with Crippen LogP contribution in [0, 0.1) is 6.92 Å². The van der Waals surface area contributed by atoms with Gasteiger partial charge in [-0.15, -0.1) is 0 Å². The van der Waals surface area contributed by atoms with Crippen LogP contribution in [0.1, 0.15) is 5.89 Å². The minimum absolute atomic E-state index is 0.134. The average molecular weight is 427 g/mol. The fraction of sp³-hybridized carbons (Fsp3) is 0.231. The molecule has 23 heavy (non-hydrogen) atoms. The number of hydrogen-bond acceptors (Lipinski definition) is 4. The van der Waals surface area contributed by atoms with E-state index in [1.54, 1.807) is 6.92 Å². The molecule has 0 unspecified atom stereocenters. The topological polar surface area (TPSA) is 53.1 Å². The Labute approximate surface area is 147 Å². The van der Waals surface area contributed by atoms with Gasteiger partial charge in [-0.05, 0) is 22.0 Å². The van der Waals surface area contributed by atoms with Crippen LogP contribution in [0.5, 0.6) is 5.88 Å². The molecule has 0 atom stereocenters. The first-order chi connectivity index (χ1) is 10.8. The van der Waals surface area contributed by atoms with Gasteiger partial charge in [0.2, 0.25) is 5.88 Å². The summed E-state index contributed by atoms with van der Waals surface area (Å²) in [5, 5.41) is 4.75. The zero-order valence-electron chi connectivity index (χ0n) is 11.7. The molecule has 2 heterocycles. The summed E-state index contributed by atoms with van der Waals surface area (Å²) in [4.78, 5) is 4.19. The van der Waals surface area contributed by atoms with E-state index in [9.17, 15) is 8.78 Å². The average Bonchev–Trinajstić information content (AvgIpc) is 2.95. The normalized spacial score (nSPS) is 11.7. The van der Waals surface area contributed by atoms with Crippen molar-refractivity contribution in [2.75, 3.05) is 0 Å². The van der Waals surface area contributed by atoms with Gasteiger partial charge in [0.25, 0.3) is 0 Å². The third-order valence-electron chi connectivity index (χ3n) is 3.06. The van der Waals surface area contributed by atoms with Crippen LogP contribution in [0.3, 0.4) is 0 Å². The quantitative estimate of drug-likeness (QED) is 0.577. The van der Waals surface area contributed by atoms with E-state index in [0.29, 0.717) is 27.6 Å². The first-order valence-electron chi connectivity index (χ1n) is 6.22. The highest BCUT2D eigenvalue weighted by atomic mass is 79.9. The van der Waals surface area contributed by atoms with E-state index in [0.717, 1.165) is 0 Å². The number of hydrogen-bond donors (Lipinski definition) is 0. The van der Waals surface area contributed by atoms with Crippen molar-refractivity contribution in [3.63, 3.8) is 0 Å². The number of benzene rings is 1. The Morgan fingerprint density at radius 2 is 2.04 bits per heavy atom. The van der Waals surface area contributed by atoms with Gasteiger partial charge in [-0.25, -0.2) is 9.67 Å².